The van der Waals surface area contributed by atoms with Gasteiger partial charge in [-0.3, -0.25) is 4.99 Å². The topological polar surface area (TPSA) is 60.2 Å². The van der Waals surface area contributed by atoms with Gasteiger partial charge in [-0.2, -0.15) is 5.26 Å². The molecule has 2 rings (SSSR count). The lowest BCUT2D eigenvalue weighted by molar-refractivity contribution is 0.488. The maximum absolute atomic E-state index is 8.82. The van der Waals surface area contributed by atoms with Crippen LogP contribution in [-0.2, 0) is 0 Å². The van der Waals surface area contributed by atoms with Crippen LogP contribution in [-0.4, -0.2) is 37.9 Å². The van der Waals surface area contributed by atoms with Gasteiger partial charge in [-0.15, -0.1) is 0 Å². The normalized spacial score (nSPS) is 27.8. The van der Waals surface area contributed by atoms with E-state index in [1.807, 2.05) is 6.08 Å². The van der Waals surface area contributed by atoms with E-state index in [2.05, 4.69) is 21.7 Å². The Balaban J connectivity index is 2.08. The monoisotopic (exact) mass is 176 g/mol. The third kappa shape index (κ3) is 1.62. The standard InChI is InChI=1S/C9H12N4/c10-5-7-1-2-13-9(7)8-6-11-3-4-12-8/h1,8,11-12H,2-4,6H2. The zero-order valence-corrected chi connectivity index (χ0v) is 7.38. The summed E-state index contributed by atoms with van der Waals surface area (Å²) in [5, 5.41) is 15.4. The summed E-state index contributed by atoms with van der Waals surface area (Å²) < 4.78 is 0. The number of nitrogens with zero attached hydrogens (tertiary/aromatic N) is 2. The fourth-order valence-electron chi connectivity index (χ4n) is 1.67. The number of hydrogen-bond acceptors (Lipinski definition) is 4. The Labute approximate surface area is 77.3 Å². The molecule has 0 spiro atoms. The molecule has 4 nitrogen and oxygen atoms in total. The van der Waals surface area contributed by atoms with E-state index in [-0.39, 0.29) is 6.04 Å². The van der Waals surface area contributed by atoms with Crippen LogP contribution in [0.4, 0.5) is 0 Å². The Morgan fingerprint density at radius 2 is 2.46 bits per heavy atom. The average Bonchev–Trinajstić information content (AvgIpc) is 2.67. The van der Waals surface area contributed by atoms with E-state index in [4.69, 9.17) is 5.26 Å². The van der Waals surface area contributed by atoms with Crippen LogP contribution >= 0.6 is 0 Å². The van der Waals surface area contributed by atoms with Crippen LogP contribution in [0.3, 0.4) is 0 Å². The van der Waals surface area contributed by atoms with E-state index in [1.165, 1.54) is 0 Å². The van der Waals surface area contributed by atoms with Crippen LogP contribution in [0.5, 0.6) is 0 Å². The molecule has 0 radical (unpaired) electrons. The second-order valence-electron chi connectivity index (χ2n) is 3.17. The highest BCUT2D eigenvalue weighted by atomic mass is 15.1. The van der Waals surface area contributed by atoms with Gasteiger partial charge >= 0.3 is 0 Å². The summed E-state index contributed by atoms with van der Waals surface area (Å²) in [4.78, 5) is 4.31. The fraction of sp³-hybridized carbons (Fsp3) is 0.556. The minimum Gasteiger partial charge on any atom is -0.314 e. The molecule has 1 saturated heterocycles. The van der Waals surface area contributed by atoms with E-state index in [1.54, 1.807) is 0 Å². The zero-order chi connectivity index (χ0) is 9.10. The molecular formula is C9H12N4. The van der Waals surface area contributed by atoms with Crippen molar-refractivity contribution >= 4 is 5.71 Å². The van der Waals surface area contributed by atoms with Gasteiger partial charge < -0.3 is 10.6 Å². The number of aliphatic imine (C=N–C) groups is 1. The highest BCUT2D eigenvalue weighted by molar-refractivity contribution is 6.08. The number of hydrogen-bond donors (Lipinski definition) is 2. The van der Waals surface area contributed by atoms with Gasteiger partial charge in [0.05, 0.1) is 23.9 Å². The third-order valence-corrected chi connectivity index (χ3v) is 2.32. The number of nitrogens with one attached hydrogen (secondary N) is 2. The van der Waals surface area contributed by atoms with Crippen LogP contribution in [0, 0.1) is 11.3 Å². The lowest BCUT2D eigenvalue weighted by atomic mass is 10.0. The summed E-state index contributed by atoms with van der Waals surface area (Å²) in [6.07, 6.45) is 1.88. The molecule has 0 bridgehead atoms. The summed E-state index contributed by atoms with van der Waals surface area (Å²) in [5.41, 5.74) is 1.66. The SMILES string of the molecule is N#CC1=CCN=C1C1CNCCN1. The smallest absolute Gasteiger partial charge is 0.101 e. The van der Waals surface area contributed by atoms with Crippen molar-refractivity contribution in [1.29, 1.82) is 5.26 Å². The summed E-state index contributed by atoms with van der Waals surface area (Å²) >= 11 is 0. The van der Waals surface area contributed by atoms with E-state index < -0.39 is 0 Å². The average molecular weight is 176 g/mol. The molecule has 2 aliphatic rings. The molecule has 2 aliphatic heterocycles. The molecule has 0 aromatic rings. The molecule has 0 aliphatic carbocycles. The molecule has 0 saturated carbocycles. The quantitative estimate of drug-likeness (QED) is 0.563. The van der Waals surface area contributed by atoms with Gasteiger partial charge in [0.15, 0.2) is 0 Å². The van der Waals surface area contributed by atoms with Crippen molar-refractivity contribution in [3.05, 3.63) is 11.6 Å². The van der Waals surface area contributed by atoms with Crippen LogP contribution in [0.15, 0.2) is 16.6 Å². The summed E-state index contributed by atoms with van der Waals surface area (Å²) in [7, 11) is 0. The van der Waals surface area contributed by atoms with Gasteiger partial charge in [0, 0.05) is 19.6 Å². The fourth-order valence-corrected chi connectivity index (χ4v) is 1.67. The molecule has 2 heterocycles. The molecule has 68 valence electrons. The van der Waals surface area contributed by atoms with E-state index in [0.29, 0.717) is 6.54 Å². The Bertz CT molecular complexity index is 291. The minimum absolute atomic E-state index is 0.224. The van der Waals surface area contributed by atoms with Crippen molar-refractivity contribution in [2.24, 2.45) is 4.99 Å². The van der Waals surface area contributed by atoms with E-state index in [9.17, 15) is 0 Å². The number of piperazine rings is 1. The van der Waals surface area contributed by atoms with Gasteiger partial charge in [0.25, 0.3) is 0 Å². The maximum atomic E-state index is 8.82. The number of nitriles is 1. The maximum Gasteiger partial charge on any atom is 0.101 e. The molecule has 4 heteroatoms. The van der Waals surface area contributed by atoms with Crippen molar-refractivity contribution < 1.29 is 0 Å². The zero-order valence-electron chi connectivity index (χ0n) is 7.38. The minimum atomic E-state index is 0.224. The Kier molecular flexibility index (Phi) is 2.39. The van der Waals surface area contributed by atoms with Gasteiger partial charge in [-0.1, -0.05) is 0 Å². The van der Waals surface area contributed by atoms with Crippen LogP contribution < -0.4 is 10.6 Å². The Morgan fingerprint density at radius 3 is 3.15 bits per heavy atom. The summed E-state index contributed by atoms with van der Waals surface area (Å²) in [6.45, 7) is 3.48. The largest absolute Gasteiger partial charge is 0.314 e. The van der Waals surface area contributed by atoms with Crippen molar-refractivity contribution in [2.75, 3.05) is 26.2 Å². The van der Waals surface area contributed by atoms with Crippen molar-refractivity contribution in [3.63, 3.8) is 0 Å². The molecule has 0 aromatic carbocycles. The highest BCUT2D eigenvalue weighted by Gasteiger charge is 2.23. The molecular weight excluding hydrogens is 164 g/mol. The second-order valence-corrected chi connectivity index (χ2v) is 3.17. The van der Waals surface area contributed by atoms with Crippen molar-refractivity contribution in [2.45, 2.75) is 6.04 Å². The molecule has 0 aromatic heterocycles. The molecule has 0 amide bonds. The molecule has 1 atom stereocenters. The second kappa shape index (κ2) is 3.69. The summed E-state index contributed by atoms with van der Waals surface area (Å²) in [5.74, 6) is 0. The first kappa shape index (κ1) is 8.42. The highest BCUT2D eigenvalue weighted by Crippen LogP contribution is 2.09. The lowest BCUT2D eigenvalue weighted by Gasteiger charge is -2.24. The van der Waals surface area contributed by atoms with Crippen LogP contribution in [0.25, 0.3) is 0 Å². The Hall–Kier alpha value is -1.18. The molecule has 1 unspecified atom stereocenters. The molecule has 2 N–H and O–H groups in total. The predicted molar refractivity (Wildman–Crippen MR) is 50.7 cm³/mol. The first-order valence-corrected chi connectivity index (χ1v) is 4.51. The van der Waals surface area contributed by atoms with Crippen LogP contribution in [0.1, 0.15) is 0 Å². The van der Waals surface area contributed by atoms with Gasteiger partial charge in [-0.05, 0) is 6.08 Å². The van der Waals surface area contributed by atoms with E-state index in [0.717, 1.165) is 30.9 Å². The summed E-state index contributed by atoms with van der Waals surface area (Å²) in [6, 6.07) is 2.40. The van der Waals surface area contributed by atoms with E-state index >= 15 is 0 Å². The van der Waals surface area contributed by atoms with Gasteiger partial charge in [0.2, 0.25) is 0 Å². The van der Waals surface area contributed by atoms with Crippen molar-refractivity contribution in [1.82, 2.24) is 10.6 Å². The molecule has 13 heavy (non-hydrogen) atoms. The molecule has 1 fully saturated rings. The predicted octanol–water partition coefficient (Wildman–Crippen LogP) is -0.548. The van der Waals surface area contributed by atoms with Crippen LogP contribution in [0.2, 0.25) is 0 Å². The van der Waals surface area contributed by atoms with Gasteiger partial charge in [-0.25, -0.2) is 0 Å². The Morgan fingerprint density at radius 1 is 1.54 bits per heavy atom. The lowest BCUT2D eigenvalue weighted by Crippen LogP contribution is -2.52. The van der Waals surface area contributed by atoms with Gasteiger partial charge in [0.1, 0.15) is 6.07 Å². The van der Waals surface area contributed by atoms with Crippen molar-refractivity contribution in [3.8, 4) is 6.07 Å². The third-order valence-electron chi connectivity index (χ3n) is 2.32. The first-order chi connectivity index (χ1) is 6.42. The first-order valence-electron chi connectivity index (χ1n) is 4.51. The number of rotatable bonds is 1.